The Kier molecular flexibility index (Phi) is 3.76. The second-order valence-corrected chi connectivity index (χ2v) is 6.85. The van der Waals surface area contributed by atoms with E-state index < -0.39 is 5.60 Å². The molecule has 1 unspecified atom stereocenters. The molecule has 0 spiro atoms. The van der Waals surface area contributed by atoms with Crippen molar-refractivity contribution in [1.82, 2.24) is 0 Å². The predicted octanol–water partition coefficient (Wildman–Crippen LogP) is 3.99. The molecule has 0 N–H and O–H groups in total. The lowest BCUT2D eigenvalue weighted by molar-refractivity contribution is -0.0501. The van der Waals surface area contributed by atoms with Gasteiger partial charge in [0.05, 0.1) is 17.6 Å². The van der Waals surface area contributed by atoms with E-state index in [1.807, 2.05) is 39.0 Å². The van der Waals surface area contributed by atoms with Crippen LogP contribution in [0.25, 0.3) is 0 Å². The molecule has 0 bridgehead atoms. The number of ketones is 1. The molecule has 1 atom stereocenters. The SMILES string of the molecule is COC(C)(C)CC1(C)CC(=O)c2ccc(Br)cc2O1. The third kappa shape index (κ3) is 3.18. The quantitative estimate of drug-likeness (QED) is 0.842. The van der Waals surface area contributed by atoms with Gasteiger partial charge in [-0.05, 0) is 39.0 Å². The van der Waals surface area contributed by atoms with Crippen LogP contribution in [0.4, 0.5) is 0 Å². The highest BCUT2D eigenvalue weighted by molar-refractivity contribution is 9.10. The van der Waals surface area contributed by atoms with E-state index in [0.717, 1.165) is 4.47 Å². The first kappa shape index (κ1) is 14.5. The zero-order valence-corrected chi connectivity index (χ0v) is 13.3. The van der Waals surface area contributed by atoms with Crippen LogP contribution in [0, 0.1) is 0 Å². The fourth-order valence-corrected chi connectivity index (χ4v) is 2.96. The minimum absolute atomic E-state index is 0.128. The second-order valence-electron chi connectivity index (χ2n) is 5.93. The summed E-state index contributed by atoms with van der Waals surface area (Å²) in [6.45, 7) is 5.97. The van der Waals surface area contributed by atoms with Crippen molar-refractivity contribution in [2.45, 2.75) is 44.8 Å². The fourth-order valence-electron chi connectivity index (χ4n) is 2.62. The van der Waals surface area contributed by atoms with Gasteiger partial charge in [-0.1, -0.05) is 15.9 Å². The molecule has 104 valence electrons. The maximum Gasteiger partial charge on any atom is 0.170 e. The van der Waals surface area contributed by atoms with Gasteiger partial charge in [-0.3, -0.25) is 4.79 Å². The molecule has 0 aromatic heterocycles. The maximum atomic E-state index is 12.3. The highest BCUT2D eigenvalue weighted by atomic mass is 79.9. The van der Waals surface area contributed by atoms with Crippen molar-refractivity contribution in [3.8, 4) is 5.75 Å². The number of carbonyl (C=O) groups excluding carboxylic acids is 1. The molecule has 0 amide bonds. The molecule has 2 rings (SSSR count). The second kappa shape index (κ2) is 4.91. The van der Waals surface area contributed by atoms with Gasteiger partial charge >= 0.3 is 0 Å². The van der Waals surface area contributed by atoms with Crippen LogP contribution in [0.2, 0.25) is 0 Å². The van der Waals surface area contributed by atoms with Crippen LogP contribution in [-0.2, 0) is 4.74 Å². The number of halogens is 1. The third-order valence-corrected chi connectivity index (χ3v) is 3.98. The number of Topliss-reactive ketones (excluding diaryl/α,β-unsaturated/α-hetero) is 1. The zero-order valence-electron chi connectivity index (χ0n) is 11.7. The number of ether oxygens (including phenoxy) is 2. The summed E-state index contributed by atoms with van der Waals surface area (Å²) in [7, 11) is 1.68. The first-order chi connectivity index (χ1) is 8.75. The Morgan fingerprint density at radius 1 is 1.47 bits per heavy atom. The van der Waals surface area contributed by atoms with Crippen LogP contribution in [0.5, 0.6) is 5.75 Å². The Balaban J connectivity index is 2.31. The third-order valence-electron chi connectivity index (χ3n) is 3.49. The Morgan fingerprint density at radius 3 is 2.79 bits per heavy atom. The van der Waals surface area contributed by atoms with Gasteiger partial charge in [-0.15, -0.1) is 0 Å². The van der Waals surface area contributed by atoms with Crippen LogP contribution < -0.4 is 4.74 Å². The molecule has 0 saturated heterocycles. The van der Waals surface area contributed by atoms with E-state index in [-0.39, 0.29) is 11.4 Å². The van der Waals surface area contributed by atoms with Gasteiger partial charge in [0, 0.05) is 18.0 Å². The summed E-state index contributed by atoms with van der Waals surface area (Å²) in [6, 6.07) is 5.52. The van der Waals surface area contributed by atoms with Gasteiger partial charge in [0.2, 0.25) is 0 Å². The van der Waals surface area contributed by atoms with Crippen molar-refractivity contribution >= 4 is 21.7 Å². The summed E-state index contributed by atoms with van der Waals surface area (Å²) in [5.74, 6) is 0.781. The molecule has 1 aliphatic heterocycles. The Morgan fingerprint density at radius 2 is 2.16 bits per heavy atom. The molecular formula is C15H19BrO3. The van der Waals surface area contributed by atoms with E-state index in [1.54, 1.807) is 7.11 Å². The normalized spacial score (nSPS) is 22.9. The van der Waals surface area contributed by atoms with E-state index in [2.05, 4.69) is 15.9 Å². The molecule has 1 aromatic carbocycles. The zero-order chi connectivity index (χ0) is 14.3. The lowest BCUT2D eigenvalue weighted by Crippen LogP contribution is -2.45. The lowest BCUT2D eigenvalue weighted by atomic mass is 9.83. The summed E-state index contributed by atoms with van der Waals surface area (Å²) in [6.07, 6.45) is 1.04. The molecular weight excluding hydrogens is 308 g/mol. The van der Waals surface area contributed by atoms with E-state index in [9.17, 15) is 4.79 Å². The fraction of sp³-hybridized carbons (Fsp3) is 0.533. The van der Waals surface area contributed by atoms with Crippen molar-refractivity contribution in [3.63, 3.8) is 0 Å². The summed E-state index contributed by atoms with van der Waals surface area (Å²) in [5.41, 5.74) is -0.181. The first-order valence-electron chi connectivity index (χ1n) is 6.32. The highest BCUT2D eigenvalue weighted by Gasteiger charge is 2.40. The van der Waals surface area contributed by atoms with E-state index in [4.69, 9.17) is 9.47 Å². The Labute approximate surface area is 122 Å². The molecule has 4 heteroatoms. The van der Waals surface area contributed by atoms with Crippen LogP contribution in [0.3, 0.4) is 0 Å². The molecule has 1 aromatic rings. The van der Waals surface area contributed by atoms with E-state index in [1.165, 1.54) is 0 Å². The van der Waals surface area contributed by atoms with Gasteiger partial charge in [0.15, 0.2) is 5.78 Å². The van der Waals surface area contributed by atoms with Crippen molar-refractivity contribution in [1.29, 1.82) is 0 Å². The van der Waals surface area contributed by atoms with Gasteiger partial charge in [-0.2, -0.15) is 0 Å². The number of fused-ring (bicyclic) bond motifs is 1. The minimum Gasteiger partial charge on any atom is -0.486 e. The number of benzene rings is 1. The number of carbonyl (C=O) groups is 1. The number of hydrogen-bond donors (Lipinski definition) is 0. The van der Waals surface area contributed by atoms with Crippen molar-refractivity contribution in [2.75, 3.05) is 7.11 Å². The Bertz CT molecular complexity index is 510. The van der Waals surface area contributed by atoms with Crippen LogP contribution in [0.1, 0.15) is 44.0 Å². The minimum atomic E-state index is -0.523. The summed E-state index contributed by atoms with van der Waals surface area (Å²) in [5, 5.41) is 0. The molecule has 0 fully saturated rings. The summed E-state index contributed by atoms with van der Waals surface area (Å²) in [4.78, 5) is 12.3. The predicted molar refractivity (Wildman–Crippen MR) is 77.8 cm³/mol. The number of methoxy groups -OCH3 is 1. The molecule has 0 radical (unpaired) electrons. The van der Waals surface area contributed by atoms with Gasteiger partial charge in [-0.25, -0.2) is 0 Å². The smallest absolute Gasteiger partial charge is 0.170 e. The average Bonchev–Trinajstić information content (AvgIpc) is 2.26. The van der Waals surface area contributed by atoms with Gasteiger partial charge < -0.3 is 9.47 Å². The lowest BCUT2D eigenvalue weighted by Gasteiger charge is -2.39. The largest absolute Gasteiger partial charge is 0.486 e. The van der Waals surface area contributed by atoms with Crippen molar-refractivity contribution < 1.29 is 14.3 Å². The maximum absolute atomic E-state index is 12.3. The summed E-state index contributed by atoms with van der Waals surface area (Å²) < 4.78 is 12.4. The molecule has 3 nitrogen and oxygen atoms in total. The van der Waals surface area contributed by atoms with Crippen LogP contribution in [0.15, 0.2) is 22.7 Å². The first-order valence-corrected chi connectivity index (χ1v) is 7.11. The molecule has 0 aliphatic carbocycles. The van der Waals surface area contributed by atoms with Crippen molar-refractivity contribution in [2.24, 2.45) is 0 Å². The molecule has 0 saturated carbocycles. The summed E-state index contributed by atoms with van der Waals surface area (Å²) >= 11 is 3.41. The van der Waals surface area contributed by atoms with Crippen LogP contribution >= 0.6 is 15.9 Å². The van der Waals surface area contributed by atoms with Gasteiger partial charge in [0.1, 0.15) is 11.4 Å². The van der Waals surface area contributed by atoms with Gasteiger partial charge in [0.25, 0.3) is 0 Å². The molecule has 1 heterocycles. The standard InChI is InChI=1S/C15H19BrO3/c1-14(2,18-4)9-15(3)8-12(17)11-6-5-10(16)7-13(11)19-15/h5-7H,8-9H2,1-4H3. The monoisotopic (exact) mass is 326 g/mol. The number of rotatable bonds is 3. The topological polar surface area (TPSA) is 35.5 Å². The van der Waals surface area contributed by atoms with Crippen LogP contribution in [-0.4, -0.2) is 24.1 Å². The Hall–Kier alpha value is -0.870. The molecule has 19 heavy (non-hydrogen) atoms. The van der Waals surface area contributed by atoms with E-state index in [0.29, 0.717) is 24.2 Å². The average molecular weight is 327 g/mol. The van der Waals surface area contributed by atoms with E-state index >= 15 is 0 Å². The highest BCUT2D eigenvalue weighted by Crippen LogP contribution is 2.39. The number of hydrogen-bond acceptors (Lipinski definition) is 3. The molecule has 1 aliphatic rings. The van der Waals surface area contributed by atoms with Crippen molar-refractivity contribution in [3.05, 3.63) is 28.2 Å².